The molecule has 1 nitrogen and oxygen atoms in total. The van der Waals surface area contributed by atoms with Crippen molar-refractivity contribution in [3.63, 3.8) is 0 Å². The van der Waals surface area contributed by atoms with E-state index in [0.717, 1.165) is 5.02 Å². The van der Waals surface area contributed by atoms with E-state index in [4.69, 9.17) is 17.3 Å². The first-order chi connectivity index (χ1) is 6.66. The SMILES string of the molecule is CC(N)C1CC(c2cccc(Cl)c2)C1. The number of benzene rings is 1. The van der Waals surface area contributed by atoms with Crippen LogP contribution in [0.3, 0.4) is 0 Å². The lowest BCUT2D eigenvalue weighted by molar-refractivity contribution is 0.229. The minimum atomic E-state index is 0.338. The van der Waals surface area contributed by atoms with Crippen LogP contribution in [-0.4, -0.2) is 6.04 Å². The van der Waals surface area contributed by atoms with Crippen molar-refractivity contribution in [1.82, 2.24) is 0 Å². The molecule has 1 unspecified atom stereocenters. The van der Waals surface area contributed by atoms with Crippen LogP contribution in [0.2, 0.25) is 5.02 Å². The predicted octanol–water partition coefficient (Wildman–Crippen LogP) is 3.18. The Morgan fingerprint density at radius 2 is 2.14 bits per heavy atom. The topological polar surface area (TPSA) is 26.0 Å². The van der Waals surface area contributed by atoms with E-state index in [1.807, 2.05) is 12.1 Å². The molecule has 1 aliphatic rings. The van der Waals surface area contributed by atoms with Gasteiger partial charge in [-0.1, -0.05) is 23.7 Å². The van der Waals surface area contributed by atoms with Crippen molar-refractivity contribution >= 4 is 11.6 Å². The second-order valence-corrected chi connectivity index (χ2v) is 4.78. The van der Waals surface area contributed by atoms with Gasteiger partial charge in [-0.3, -0.25) is 0 Å². The number of nitrogens with two attached hydrogens (primary N) is 1. The Morgan fingerprint density at radius 1 is 1.43 bits per heavy atom. The van der Waals surface area contributed by atoms with Crippen molar-refractivity contribution in [3.8, 4) is 0 Å². The maximum absolute atomic E-state index is 5.94. The largest absolute Gasteiger partial charge is 0.328 e. The molecule has 0 amide bonds. The van der Waals surface area contributed by atoms with Crippen LogP contribution in [0.25, 0.3) is 0 Å². The standard InChI is InChI=1S/C12H16ClN/c1-8(14)10-5-11(6-10)9-3-2-4-12(13)7-9/h2-4,7-8,10-11H,5-6,14H2,1H3. The van der Waals surface area contributed by atoms with Crippen molar-refractivity contribution in [2.24, 2.45) is 11.7 Å². The molecule has 0 aromatic heterocycles. The van der Waals surface area contributed by atoms with Gasteiger partial charge in [-0.05, 0) is 49.3 Å². The highest BCUT2D eigenvalue weighted by atomic mass is 35.5. The monoisotopic (exact) mass is 209 g/mol. The second-order valence-electron chi connectivity index (χ2n) is 4.34. The Balaban J connectivity index is 2.00. The molecule has 0 bridgehead atoms. The van der Waals surface area contributed by atoms with Crippen LogP contribution >= 0.6 is 11.6 Å². The molecular formula is C12H16ClN. The first kappa shape index (κ1) is 10.0. The van der Waals surface area contributed by atoms with Gasteiger partial charge in [-0.25, -0.2) is 0 Å². The molecule has 0 radical (unpaired) electrons. The Labute approximate surface area is 90.3 Å². The normalized spacial score (nSPS) is 28.2. The molecular weight excluding hydrogens is 194 g/mol. The van der Waals surface area contributed by atoms with Crippen LogP contribution in [0.4, 0.5) is 0 Å². The first-order valence-electron chi connectivity index (χ1n) is 5.18. The zero-order valence-electron chi connectivity index (χ0n) is 8.41. The summed E-state index contributed by atoms with van der Waals surface area (Å²) in [6.45, 7) is 2.10. The van der Waals surface area contributed by atoms with Gasteiger partial charge >= 0.3 is 0 Å². The molecule has 0 spiro atoms. The van der Waals surface area contributed by atoms with Crippen molar-refractivity contribution in [2.45, 2.75) is 31.7 Å². The zero-order chi connectivity index (χ0) is 10.1. The van der Waals surface area contributed by atoms with Gasteiger partial charge in [0.2, 0.25) is 0 Å². The average Bonchev–Trinajstić information content (AvgIpc) is 2.00. The third-order valence-corrected chi connectivity index (χ3v) is 3.47. The van der Waals surface area contributed by atoms with Gasteiger partial charge in [0.15, 0.2) is 0 Å². The van der Waals surface area contributed by atoms with E-state index in [2.05, 4.69) is 19.1 Å². The van der Waals surface area contributed by atoms with Crippen LogP contribution in [0, 0.1) is 5.92 Å². The summed E-state index contributed by atoms with van der Waals surface area (Å²) in [5, 5.41) is 0.840. The highest BCUT2D eigenvalue weighted by Gasteiger charge is 2.32. The van der Waals surface area contributed by atoms with E-state index >= 15 is 0 Å². The lowest BCUT2D eigenvalue weighted by Crippen LogP contribution is -2.36. The van der Waals surface area contributed by atoms with Gasteiger partial charge < -0.3 is 5.73 Å². The summed E-state index contributed by atoms with van der Waals surface area (Å²) in [7, 11) is 0. The number of rotatable bonds is 2. The van der Waals surface area contributed by atoms with Gasteiger partial charge in [0.05, 0.1) is 0 Å². The molecule has 1 aromatic carbocycles. The smallest absolute Gasteiger partial charge is 0.0408 e. The molecule has 1 aromatic rings. The third-order valence-electron chi connectivity index (χ3n) is 3.24. The molecule has 2 heteroatoms. The molecule has 1 saturated carbocycles. The highest BCUT2D eigenvalue weighted by molar-refractivity contribution is 6.30. The minimum absolute atomic E-state index is 0.338. The third kappa shape index (κ3) is 1.94. The average molecular weight is 210 g/mol. The molecule has 0 aliphatic heterocycles. The van der Waals surface area contributed by atoms with Gasteiger partial charge in [0, 0.05) is 11.1 Å². The fourth-order valence-corrected chi connectivity index (χ4v) is 2.32. The van der Waals surface area contributed by atoms with Gasteiger partial charge in [0.1, 0.15) is 0 Å². The number of halogens is 1. The van der Waals surface area contributed by atoms with Crippen molar-refractivity contribution in [3.05, 3.63) is 34.9 Å². The minimum Gasteiger partial charge on any atom is -0.328 e. The summed E-state index contributed by atoms with van der Waals surface area (Å²) in [5.74, 6) is 1.39. The van der Waals surface area contributed by atoms with Crippen LogP contribution in [0.15, 0.2) is 24.3 Å². The molecule has 1 atom stereocenters. The molecule has 76 valence electrons. The van der Waals surface area contributed by atoms with Gasteiger partial charge in [0.25, 0.3) is 0 Å². The maximum atomic E-state index is 5.94. The van der Waals surface area contributed by atoms with E-state index in [0.29, 0.717) is 17.9 Å². The molecule has 0 saturated heterocycles. The van der Waals surface area contributed by atoms with Crippen LogP contribution in [0.1, 0.15) is 31.2 Å². The Morgan fingerprint density at radius 3 is 2.71 bits per heavy atom. The number of hydrogen-bond donors (Lipinski definition) is 1. The lowest BCUT2D eigenvalue weighted by Gasteiger charge is -2.38. The van der Waals surface area contributed by atoms with Crippen molar-refractivity contribution in [2.75, 3.05) is 0 Å². The fourth-order valence-electron chi connectivity index (χ4n) is 2.12. The van der Waals surface area contributed by atoms with E-state index in [1.165, 1.54) is 18.4 Å². The summed E-state index contributed by atoms with van der Waals surface area (Å²) < 4.78 is 0. The van der Waals surface area contributed by atoms with E-state index in [9.17, 15) is 0 Å². The van der Waals surface area contributed by atoms with Crippen LogP contribution in [-0.2, 0) is 0 Å². The van der Waals surface area contributed by atoms with Gasteiger partial charge in [-0.2, -0.15) is 0 Å². The summed E-state index contributed by atoms with van der Waals surface area (Å²) >= 11 is 5.94. The summed E-state index contributed by atoms with van der Waals surface area (Å²) in [4.78, 5) is 0. The van der Waals surface area contributed by atoms with Crippen LogP contribution in [0.5, 0.6) is 0 Å². The van der Waals surface area contributed by atoms with E-state index in [-0.39, 0.29) is 0 Å². The lowest BCUT2D eigenvalue weighted by atomic mass is 9.69. The summed E-state index contributed by atoms with van der Waals surface area (Å²) in [6.07, 6.45) is 2.44. The maximum Gasteiger partial charge on any atom is 0.0408 e. The molecule has 1 aliphatic carbocycles. The molecule has 1 fully saturated rings. The quantitative estimate of drug-likeness (QED) is 0.796. The fraction of sp³-hybridized carbons (Fsp3) is 0.500. The first-order valence-corrected chi connectivity index (χ1v) is 5.55. The Kier molecular flexibility index (Phi) is 2.80. The number of hydrogen-bond acceptors (Lipinski definition) is 1. The Bertz CT molecular complexity index is 316. The Hall–Kier alpha value is -0.530. The van der Waals surface area contributed by atoms with Gasteiger partial charge in [-0.15, -0.1) is 0 Å². The summed E-state index contributed by atoms with van der Waals surface area (Å²) in [6, 6.07) is 8.52. The predicted molar refractivity (Wildman–Crippen MR) is 60.6 cm³/mol. The van der Waals surface area contributed by atoms with Crippen LogP contribution < -0.4 is 5.73 Å². The molecule has 2 N–H and O–H groups in total. The van der Waals surface area contributed by atoms with E-state index < -0.39 is 0 Å². The second kappa shape index (κ2) is 3.92. The molecule has 14 heavy (non-hydrogen) atoms. The molecule has 0 heterocycles. The van der Waals surface area contributed by atoms with Crippen molar-refractivity contribution in [1.29, 1.82) is 0 Å². The molecule has 2 rings (SSSR count). The zero-order valence-corrected chi connectivity index (χ0v) is 9.17. The highest BCUT2D eigenvalue weighted by Crippen LogP contribution is 2.43. The summed E-state index contributed by atoms with van der Waals surface area (Å²) in [5.41, 5.74) is 7.21. The van der Waals surface area contributed by atoms with Crippen molar-refractivity contribution < 1.29 is 0 Å². The van der Waals surface area contributed by atoms with E-state index in [1.54, 1.807) is 0 Å².